The van der Waals surface area contributed by atoms with Gasteiger partial charge in [-0.1, -0.05) is 12.1 Å². The fourth-order valence-corrected chi connectivity index (χ4v) is 3.63. The molecule has 2 aliphatic heterocycles. The summed E-state index contributed by atoms with van der Waals surface area (Å²) >= 11 is 0. The van der Waals surface area contributed by atoms with Crippen LogP contribution in [0.4, 0.5) is 11.4 Å². The lowest BCUT2D eigenvalue weighted by Crippen LogP contribution is -2.46. The first kappa shape index (κ1) is 16.0. The highest BCUT2D eigenvalue weighted by molar-refractivity contribution is 6.03. The van der Waals surface area contributed by atoms with Gasteiger partial charge in [-0.25, -0.2) is 0 Å². The fourth-order valence-electron chi connectivity index (χ4n) is 3.63. The Morgan fingerprint density at radius 1 is 1.12 bits per heavy atom. The van der Waals surface area contributed by atoms with Crippen molar-refractivity contribution in [3.05, 3.63) is 47.8 Å². The molecule has 0 bridgehead atoms. The molecule has 3 heterocycles. The van der Waals surface area contributed by atoms with E-state index in [4.69, 9.17) is 0 Å². The highest BCUT2D eigenvalue weighted by Gasteiger charge is 2.23. The first-order valence-electron chi connectivity index (χ1n) is 8.92. The van der Waals surface area contributed by atoms with Crippen molar-refractivity contribution in [1.82, 2.24) is 10.3 Å². The summed E-state index contributed by atoms with van der Waals surface area (Å²) in [5.74, 6) is 0.896. The Morgan fingerprint density at radius 2 is 1.88 bits per heavy atom. The molecule has 6 nitrogen and oxygen atoms in total. The molecule has 25 heavy (non-hydrogen) atoms. The third-order valence-corrected chi connectivity index (χ3v) is 5.05. The summed E-state index contributed by atoms with van der Waals surface area (Å²) in [4.78, 5) is 9.90. The zero-order chi connectivity index (χ0) is 17.2. The molecule has 1 aromatic carbocycles. The van der Waals surface area contributed by atoms with Gasteiger partial charge in [0.25, 0.3) is 0 Å². The van der Waals surface area contributed by atoms with Crippen molar-refractivity contribution < 1.29 is 5.11 Å². The van der Waals surface area contributed by atoms with Crippen molar-refractivity contribution in [1.29, 1.82) is 0 Å². The number of piperidine rings is 1. The number of H-pyrrole nitrogens is 1. The van der Waals surface area contributed by atoms with Gasteiger partial charge in [0, 0.05) is 38.4 Å². The van der Waals surface area contributed by atoms with Crippen LogP contribution in [0.5, 0.6) is 0 Å². The quantitative estimate of drug-likeness (QED) is 0.689. The Morgan fingerprint density at radius 3 is 2.60 bits per heavy atom. The number of aromatic nitrogens is 1. The number of hydrogen-bond donors (Lipinski definition) is 4. The monoisotopic (exact) mass is 339 g/mol. The summed E-state index contributed by atoms with van der Waals surface area (Å²) in [6, 6.07) is 10.8. The molecule has 0 radical (unpaired) electrons. The average molecular weight is 339 g/mol. The maximum Gasteiger partial charge on any atom is 0.148 e. The average Bonchev–Trinajstić information content (AvgIpc) is 3.11. The molecule has 0 amide bonds. The summed E-state index contributed by atoms with van der Waals surface area (Å²) in [6.07, 6.45) is 4.51. The number of amidine groups is 1. The number of hydrogen-bond acceptors (Lipinski definition) is 4. The zero-order valence-electron chi connectivity index (χ0n) is 14.5. The second kappa shape index (κ2) is 6.80. The van der Waals surface area contributed by atoms with Gasteiger partial charge in [-0.05, 0) is 36.6 Å². The van der Waals surface area contributed by atoms with Gasteiger partial charge in [-0.2, -0.15) is 0 Å². The number of rotatable bonds is 3. The number of aromatic amines is 1. The van der Waals surface area contributed by atoms with Gasteiger partial charge in [-0.15, -0.1) is 0 Å². The number of nitrogens with zero attached hydrogens (tertiary/aromatic N) is 2. The minimum atomic E-state index is -0.133. The normalized spacial score (nSPS) is 22.4. The second-order valence-electron chi connectivity index (χ2n) is 6.77. The molecule has 2 aromatic rings. The predicted octanol–water partition coefficient (Wildman–Crippen LogP) is 1.94. The molecule has 1 fully saturated rings. The molecule has 4 N–H and O–H groups in total. The van der Waals surface area contributed by atoms with Crippen molar-refractivity contribution in [3.63, 3.8) is 0 Å². The van der Waals surface area contributed by atoms with Crippen LogP contribution in [0.2, 0.25) is 0 Å². The van der Waals surface area contributed by atoms with E-state index in [-0.39, 0.29) is 12.3 Å². The highest BCUT2D eigenvalue weighted by atomic mass is 16.3. The summed E-state index contributed by atoms with van der Waals surface area (Å²) in [5.41, 5.74) is 4.62. The Balaban J connectivity index is 1.42. The SMILES string of the molecule is CN=C1NC(Cc2ccc(N3CCC(O)CC3)cc2)Nc2cc[nH]c21. The number of fused-ring (bicyclic) bond motifs is 1. The lowest BCUT2D eigenvalue weighted by molar-refractivity contribution is 0.145. The molecule has 0 aliphatic carbocycles. The van der Waals surface area contributed by atoms with Gasteiger partial charge in [-0.3, -0.25) is 4.99 Å². The number of anilines is 2. The van der Waals surface area contributed by atoms with E-state index in [0.29, 0.717) is 0 Å². The van der Waals surface area contributed by atoms with Crippen LogP contribution in [-0.2, 0) is 6.42 Å². The fraction of sp³-hybridized carbons (Fsp3) is 0.421. The van der Waals surface area contributed by atoms with E-state index < -0.39 is 0 Å². The molecule has 1 aromatic heterocycles. The Hall–Kier alpha value is -2.47. The largest absolute Gasteiger partial charge is 0.393 e. The molecule has 0 spiro atoms. The number of aliphatic hydroxyl groups excluding tert-OH is 1. The van der Waals surface area contributed by atoms with Crippen molar-refractivity contribution in [3.8, 4) is 0 Å². The number of aliphatic hydroxyl groups is 1. The first-order valence-corrected chi connectivity index (χ1v) is 8.92. The zero-order valence-corrected chi connectivity index (χ0v) is 14.5. The molecule has 1 saturated heterocycles. The summed E-state index contributed by atoms with van der Waals surface area (Å²) in [7, 11) is 1.81. The lowest BCUT2D eigenvalue weighted by Gasteiger charge is -2.32. The van der Waals surface area contributed by atoms with Crippen LogP contribution in [0.15, 0.2) is 41.5 Å². The topological polar surface area (TPSA) is 75.7 Å². The van der Waals surface area contributed by atoms with Crippen molar-refractivity contribution in [2.24, 2.45) is 4.99 Å². The van der Waals surface area contributed by atoms with Gasteiger partial charge >= 0.3 is 0 Å². The van der Waals surface area contributed by atoms with Gasteiger partial charge in [0.15, 0.2) is 0 Å². The highest BCUT2D eigenvalue weighted by Crippen LogP contribution is 2.23. The molecule has 4 rings (SSSR count). The van der Waals surface area contributed by atoms with E-state index in [0.717, 1.165) is 49.6 Å². The molecule has 1 atom stereocenters. The summed E-state index contributed by atoms with van der Waals surface area (Å²) < 4.78 is 0. The number of benzene rings is 1. The maximum atomic E-state index is 9.64. The standard InChI is InChI=1S/C19H25N5O/c1-20-19-18-16(6-9-21-18)22-17(23-19)12-13-2-4-14(5-3-13)24-10-7-15(25)8-11-24/h2-6,9,15,17,21-22,25H,7-8,10-12H2,1H3,(H,20,23). The molecule has 0 saturated carbocycles. The smallest absolute Gasteiger partial charge is 0.148 e. The van der Waals surface area contributed by atoms with Crippen LogP contribution in [0.3, 0.4) is 0 Å². The van der Waals surface area contributed by atoms with Crippen LogP contribution < -0.4 is 15.5 Å². The predicted molar refractivity (Wildman–Crippen MR) is 101 cm³/mol. The minimum Gasteiger partial charge on any atom is -0.393 e. The van der Waals surface area contributed by atoms with E-state index >= 15 is 0 Å². The Kier molecular flexibility index (Phi) is 4.36. The number of aliphatic imine (C=N–C) groups is 1. The lowest BCUT2D eigenvalue weighted by atomic mass is 10.0. The summed E-state index contributed by atoms with van der Waals surface area (Å²) in [5, 5.41) is 16.6. The van der Waals surface area contributed by atoms with Gasteiger partial charge < -0.3 is 25.6 Å². The van der Waals surface area contributed by atoms with Gasteiger partial charge in [0.05, 0.1) is 11.8 Å². The molecule has 2 aliphatic rings. The van der Waals surface area contributed by atoms with Gasteiger partial charge in [0.2, 0.25) is 0 Å². The summed E-state index contributed by atoms with van der Waals surface area (Å²) in [6.45, 7) is 1.86. The molecule has 132 valence electrons. The van der Waals surface area contributed by atoms with Gasteiger partial charge in [0.1, 0.15) is 17.7 Å². The Labute approximate surface area is 148 Å². The van der Waals surface area contributed by atoms with Crippen molar-refractivity contribution in [2.45, 2.75) is 31.5 Å². The van der Waals surface area contributed by atoms with Crippen LogP contribution >= 0.6 is 0 Å². The van der Waals surface area contributed by atoms with Crippen LogP contribution in [0, 0.1) is 0 Å². The molecule has 1 unspecified atom stereocenters. The maximum absolute atomic E-state index is 9.64. The van der Waals surface area contributed by atoms with Crippen LogP contribution in [-0.4, -0.2) is 48.3 Å². The molecule has 6 heteroatoms. The van der Waals surface area contributed by atoms with E-state index in [2.05, 4.69) is 49.8 Å². The Bertz CT molecular complexity index is 743. The minimum absolute atomic E-state index is 0.123. The van der Waals surface area contributed by atoms with E-state index in [1.54, 1.807) is 7.05 Å². The third kappa shape index (κ3) is 3.35. The first-order chi connectivity index (χ1) is 12.2. The van der Waals surface area contributed by atoms with Crippen LogP contribution in [0.25, 0.3) is 0 Å². The third-order valence-electron chi connectivity index (χ3n) is 5.05. The second-order valence-corrected chi connectivity index (χ2v) is 6.77. The van der Waals surface area contributed by atoms with Crippen LogP contribution in [0.1, 0.15) is 24.1 Å². The van der Waals surface area contributed by atoms with E-state index in [1.807, 2.05) is 12.3 Å². The van der Waals surface area contributed by atoms with Crippen molar-refractivity contribution >= 4 is 17.2 Å². The molecular weight excluding hydrogens is 314 g/mol. The molecular formula is C19H25N5O. The van der Waals surface area contributed by atoms with E-state index in [1.165, 1.54) is 11.3 Å². The number of nitrogens with one attached hydrogen (secondary N) is 3. The van der Waals surface area contributed by atoms with E-state index in [9.17, 15) is 5.11 Å². The van der Waals surface area contributed by atoms with Crippen molar-refractivity contribution in [2.75, 3.05) is 30.4 Å².